The third-order valence-corrected chi connectivity index (χ3v) is 3.80. The number of rotatable bonds is 10. The molecule has 0 aliphatic carbocycles. The molecule has 0 aliphatic heterocycles. The van der Waals surface area contributed by atoms with Crippen molar-refractivity contribution in [2.45, 2.75) is 64.9 Å². The molecule has 0 bridgehead atoms. The summed E-state index contributed by atoms with van der Waals surface area (Å²) >= 11 is 0. The lowest BCUT2D eigenvalue weighted by molar-refractivity contribution is 0.0249. The zero-order chi connectivity index (χ0) is 17.8. The number of carbonyl (C=O) groups excluding carboxylic acids is 1. The van der Waals surface area contributed by atoms with E-state index >= 15 is 0 Å². The number of hydrogen-bond acceptors (Lipinski definition) is 3. The molecule has 0 radical (unpaired) electrons. The van der Waals surface area contributed by atoms with E-state index in [1.165, 1.54) is 18.4 Å². The number of carbonyl (C=O) groups is 1. The number of hydrogen-bond donors (Lipinski definition) is 1. The van der Waals surface area contributed by atoms with E-state index in [1.807, 2.05) is 43.9 Å². The Kier molecular flexibility index (Phi) is 9.46. The summed E-state index contributed by atoms with van der Waals surface area (Å²) in [7, 11) is 0. The molecular weight excluding hydrogens is 300 g/mol. The number of amides is 1. The van der Waals surface area contributed by atoms with E-state index in [0.717, 1.165) is 38.8 Å². The molecule has 4 nitrogen and oxygen atoms in total. The van der Waals surface area contributed by atoms with Crippen LogP contribution in [0.5, 0.6) is 0 Å². The Morgan fingerprint density at radius 3 is 2.25 bits per heavy atom. The van der Waals surface area contributed by atoms with Crippen molar-refractivity contribution in [3.05, 3.63) is 35.9 Å². The third-order valence-electron chi connectivity index (χ3n) is 3.80. The predicted molar refractivity (Wildman–Crippen MR) is 100 cm³/mol. The minimum Gasteiger partial charge on any atom is -0.444 e. The zero-order valence-electron chi connectivity index (χ0n) is 15.6. The summed E-state index contributed by atoms with van der Waals surface area (Å²) in [6.45, 7) is 7.94. The first-order valence-electron chi connectivity index (χ1n) is 9.14. The summed E-state index contributed by atoms with van der Waals surface area (Å²) in [4.78, 5) is 14.3. The van der Waals surface area contributed by atoms with Crippen LogP contribution in [0.15, 0.2) is 30.3 Å². The summed E-state index contributed by atoms with van der Waals surface area (Å²) in [5.74, 6) is 0. The molecule has 0 aliphatic rings. The molecule has 1 aromatic carbocycles. The average Bonchev–Trinajstić information content (AvgIpc) is 2.52. The van der Waals surface area contributed by atoms with E-state index < -0.39 is 5.60 Å². The van der Waals surface area contributed by atoms with Crippen LogP contribution in [0.3, 0.4) is 0 Å². The number of unbranched alkanes of at least 4 members (excludes halogenated alkanes) is 4. The number of nitrogens with two attached hydrogens (primary N) is 1. The van der Waals surface area contributed by atoms with Gasteiger partial charge in [-0.15, -0.1) is 0 Å². The number of nitrogens with zero attached hydrogens (tertiary/aromatic N) is 1. The Morgan fingerprint density at radius 1 is 1.00 bits per heavy atom. The van der Waals surface area contributed by atoms with E-state index in [-0.39, 0.29) is 6.09 Å². The molecular formula is C20H34N2O2. The maximum atomic E-state index is 12.4. The molecule has 0 fully saturated rings. The van der Waals surface area contributed by atoms with E-state index in [1.54, 1.807) is 0 Å². The van der Waals surface area contributed by atoms with Crippen molar-refractivity contribution in [3.63, 3.8) is 0 Å². The first-order chi connectivity index (χ1) is 11.4. The molecule has 0 unspecified atom stereocenters. The molecule has 0 atom stereocenters. The van der Waals surface area contributed by atoms with Gasteiger partial charge in [0.25, 0.3) is 0 Å². The Labute approximate surface area is 147 Å². The maximum Gasteiger partial charge on any atom is 0.410 e. The fourth-order valence-electron chi connectivity index (χ4n) is 2.51. The Bertz CT molecular complexity index is 454. The first-order valence-corrected chi connectivity index (χ1v) is 9.14. The van der Waals surface area contributed by atoms with Crippen molar-refractivity contribution in [1.29, 1.82) is 0 Å². The summed E-state index contributed by atoms with van der Waals surface area (Å²) in [5.41, 5.74) is 6.30. The van der Waals surface area contributed by atoms with Crippen LogP contribution in [-0.2, 0) is 11.2 Å². The standard InChI is InChI=1S/C20H34N2O2/c1-20(2,3)24-19(23)22(16-11-6-4-5-10-15-21)17-14-18-12-8-7-9-13-18/h7-9,12-13H,4-6,10-11,14-17,21H2,1-3H3. The van der Waals surface area contributed by atoms with Crippen LogP contribution in [-0.4, -0.2) is 36.2 Å². The highest BCUT2D eigenvalue weighted by Crippen LogP contribution is 2.12. The lowest BCUT2D eigenvalue weighted by Gasteiger charge is -2.27. The Hall–Kier alpha value is -1.55. The van der Waals surface area contributed by atoms with Crippen LogP contribution < -0.4 is 5.73 Å². The summed E-state index contributed by atoms with van der Waals surface area (Å²) in [6, 6.07) is 10.3. The van der Waals surface area contributed by atoms with Crippen LogP contribution >= 0.6 is 0 Å². The highest BCUT2D eigenvalue weighted by molar-refractivity contribution is 5.68. The van der Waals surface area contributed by atoms with Crippen molar-refractivity contribution in [1.82, 2.24) is 4.90 Å². The van der Waals surface area contributed by atoms with Gasteiger partial charge in [-0.05, 0) is 52.1 Å². The van der Waals surface area contributed by atoms with Gasteiger partial charge in [-0.1, -0.05) is 49.6 Å². The lowest BCUT2D eigenvalue weighted by atomic mass is 10.1. The third kappa shape index (κ3) is 9.56. The van der Waals surface area contributed by atoms with Crippen molar-refractivity contribution in [2.75, 3.05) is 19.6 Å². The monoisotopic (exact) mass is 334 g/mol. The summed E-state index contributed by atoms with van der Waals surface area (Å²) < 4.78 is 5.55. The van der Waals surface area contributed by atoms with E-state index in [4.69, 9.17) is 10.5 Å². The largest absolute Gasteiger partial charge is 0.444 e. The second kappa shape index (κ2) is 11.1. The van der Waals surface area contributed by atoms with Crippen LogP contribution in [0.4, 0.5) is 4.79 Å². The molecule has 1 rings (SSSR count). The number of benzene rings is 1. The fraction of sp³-hybridized carbons (Fsp3) is 0.650. The summed E-state index contributed by atoms with van der Waals surface area (Å²) in [6.07, 6.45) is 6.23. The Balaban J connectivity index is 2.47. The molecule has 2 N–H and O–H groups in total. The van der Waals surface area contributed by atoms with Gasteiger partial charge >= 0.3 is 6.09 Å². The second-order valence-electron chi connectivity index (χ2n) is 7.26. The molecule has 4 heteroatoms. The van der Waals surface area contributed by atoms with E-state index in [2.05, 4.69) is 12.1 Å². The first kappa shape index (κ1) is 20.5. The Morgan fingerprint density at radius 2 is 1.62 bits per heavy atom. The molecule has 1 aromatic rings. The lowest BCUT2D eigenvalue weighted by Crippen LogP contribution is -2.38. The van der Waals surface area contributed by atoms with Gasteiger partial charge < -0.3 is 15.4 Å². The molecule has 0 saturated carbocycles. The fourth-order valence-corrected chi connectivity index (χ4v) is 2.51. The average molecular weight is 335 g/mol. The van der Waals surface area contributed by atoms with Crippen LogP contribution in [0.1, 0.15) is 58.4 Å². The van der Waals surface area contributed by atoms with Gasteiger partial charge in [0.15, 0.2) is 0 Å². The van der Waals surface area contributed by atoms with Gasteiger partial charge in [0.2, 0.25) is 0 Å². The molecule has 136 valence electrons. The highest BCUT2D eigenvalue weighted by Gasteiger charge is 2.21. The van der Waals surface area contributed by atoms with Gasteiger partial charge in [-0.25, -0.2) is 4.79 Å². The minimum atomic E-state index is -0.455. The molecule has 0 heterocycles. The van der Waals surface area contributed by atoms with Gasteiger partial charge in [-0.3, -0.25) is 0 Å². The van der Waals surface area contributed by atoms with Crippen LogP contribution in [0, 0.1) is 0 Å². The summed E-state index contributed by atoms with van der Waals surface area (Å²) in [5, 5.41) is 0. The number of ether oxygens (including phenoxy) is 1. The van der Waals surface area contributed by atoms with Gasteiger partial charge in [0.05, 0.1) is 0 Å². The van der Waals surface area contributed by atoms with Gasteiger partial charge in [-0.2, -0.15) is 0 Å². The molecule has 0 aromatic heterocycles. The second-order valence-corrected chi connectivity index (χ2v) is 7.26. The van der Waals surface area contributed by atoms with Crippen molar-refractivity contribution in [3.8, 4) is 0 Å². The zero-order valence-corrected chi connectivity index (χ0v) is 15.6. The van der Waals surface area contributed by atoms with Crippen molar-refractivity contribution >= 4 is 6.09 Å². The van der Waals surface area contributed by atoms with Gasteiger partial charge in [0.1, 0.15) is 5.60 Å². The van der Waals surface area contributed by atoms with Crippen molar-refractivity contribution < 1.29 is 9.53 Å². The van der Waals surface area contributed by atoms with Crippen LogP contribution in [0.25, 0.3) is 0 Å². The SMILES string of the molecule is CC(C)(C)OC(=O)N(CCCCCCCN)CCc1ccccc1. The maximum absolute atomic E-state index is 12.4. The van der Waals surface area contributed by atoms with Crippen molar-refractivity contribution in [2.24, 2.45) is 5.73 Å². The smallest absolute Gasteiger partial charge is 0.410 e. The highest BCUT2D eigenvalue weighted by atomic mass is 16.6. The quantitative estimate of drug-likeness (QED) is 0.646. The molecule has 0 spiro atoms. The minimum absolute atomic E-state index is 0.208. The normalized spacial score (nSPS) is 11.3. The predicted octanol–water partition coefficient (Wildman–Crippen LogP) is 4.38. The van der Waals surface area contributed by atoms with E-state index in [9.17, 15) is 4.79 Å². The molecule has 1 amide bonds. The van der Waals surface area contributed by atoms with Gasteiger partial charge in [0, 0.05) is 13.1 Å². The van der Waals surface area contributed by atoms with Crippen LogP contribution in [0.2, 0.25) is 0 Å². The molecule has 24 heavy (non-hydrogen) atoms. The topological polar surface area (TPSA) is 55.6 Å². The molecule has 0 saturated heterocycles. The van der Waals surface area contributed by atoms with E-state index in [0.29, 0.717) is 6.54 Å².